The number of hydrogen-bond acceptors (Lipinski definition) is 4. The zero-order valence-electron chi connectivity index (χ0n) is 17.5. The van der Waals surface area contributed by atoms with Crippen LogP contribution in [0.25, 0.3) is 0 Å². The number of rotatable bonds is 6. The maximum Gasteiger partial charge on any atom is 0.237 e. The Morgan fingerprint density at radius 3 is 2.58 bits per heavy atom. The standard InChI is InChI=1S/C26H25N3OS/c1-2-24(25(30)28-22-11-7-4-8-12-22)31-26-21(17-27)16-20-15-19(13-14-23(20)29-26)18-9-5-3-6-10-18/h3-12,16,19,24H,2,13-15H2,1H3,(H,28,30). The van der Waals surface area contributed by atoms with Gasteiger partial charge in [-0.15, -0.1) is 0 Å². The second-order valence-corrected chi connectivity index (χ2v) is 8.97. The van der Waals surface area contributed by atoms with E-state index in [1.165, 1.54) is 17.3 Å². The van der Waals surface area contributed by atoms with Crippen LogP contribution in [0.4, 0.5) is 5.69 Å². The van der Waals surface area contributed by atoms with Crippen molar-refractivity contribution in [3.8, 4) is 6.07 Å². The lowest BCUT2D eigenvalue weighted by Gasteiger charge is -2.25. The molecule has 1 aliphatic rings. The first-order chi connectivity index (χ1) is 15.2. The van der Waals surface area contributed by atoms with Gasteiger partial charge in [0.1, 0.15) is 11.1 Å². The maximum absolute atomic E-state index is 12.8. The van der Waals surface area contributed by atoms with Gasteiger partial charge in [0.25, 0.3) is 0 Å². The van der Waals surface area contributed by atoms with E-state index in [0.29, 0.717) is 22.9 Å². The molecule has 1 amide bonds. The van der Waals surface area contributed by atoms with Crippen LogP contribution in [0.2, 0.25) is 0 Å². The number of aromatic nitrogens is 1. The summed E-state index contributed by atoms with van der Waals surface area (Å²) in [5, 5.41) is 13.1. The van der Waals surface area contributed by atoms with Crippen LogP contribution < -0.4 is 5.32 Å². The molecule has 2 unspecified atom stereocenters. The van der Waals surface area contributed by atoms with Crippen molar-refractivity contribution in [3.63, 3.8) is 0 Å². The van der Waals surface area contributed by atoms with Crippen LogP contribution in [0.15, 0.2) is 71.8 Å². The monoisotopic (exact) mass is 427 g/mol. The van der Waals surface area contributed by atoms with E-state index in [1.807, 2.05) is 49.4 Å². The van der Waals surface area contributed by atoms with Crippen LogP contribution in [0.3, 0.4) is 0 Å². The molecule has 1 aliphatic carbocycles. The fraction of sp³-hybridized carbons (Fsp3) is 0.269. The first kappa shape index (κ1) is 21.1. The average molecular weight is 428 g/mol. The number of carbonyl (C=O) groups is 1. The van der Waals surface area contributed by atoms with Gasteiger partial charge in [-0.1, -0.05) is 67.2 Å². The molecule has 0 saturated heterocycles. The van der Waals surface area contributed by atoms with E-state index < -0.39 is 0 Å². The van der Waals surface area contributed by atoms with E-state index in [2.05, 4.69) is 35.7 Å². The molecule has 31 heavy (non-hydrogen) atoms. The van der Waals surface area contributed by atoms with Crippen molar-refractivity contribution in [2.45, 2.75) is 48.8 Å². The van der Waals surface area contributed by atoms with Crippen molar-refractivity contribution < 1.29 is 4.79 Å². The summed E-state index contributed by atoms with van der Waals surface area (Å²) in [7, 11) is 0. The van der Waals surface area contributed by atoms with E-state index in [9.17, 15) is 10.1 Å². The molecule has 0 aliphatic heterocycles. The maximum atomic E-state index is 12.8. The number of benzene rings is 2. The Hall–Kier alpha value is -3.10. The molecule has 2 aromatic carbocycles. The van der Waals surface area contributed by atoms with Crippen molar-refractivity contribution in [1.29, 1.82) is 5.26 Å². The zero-order valence-corrected chi connectivity index (χ0v) is 18.4. The van der Waals surface area contributed by atoms with E-state index in [1.54, 1.807) is 0 Å². The highest BCUT2D eigenvalue weighted by atomic mass is 32.2. The SMILES string of the molecule is CCC(Sc1nc2c(cc1C#N)CC(c1ccccc1)CC2)C(=O)Nc1ccccc1. The highest BCUT2D eigenvalue weighted by Gasteiger charge is 2.25. The summed E-state index contributed by atoms with van der Waals surface area (Å²) in [6.07, 6.45) is 3.49. The number of thioether (sulfide) groups is 1. The van der Waals surface area contributed by atoms with Crippen molar-refractivity contribution in [3.05, 3.63) is 89.1 Å². The van der Waals surface area contributed by atoms with Crippen LogP contribution >= 0.6 is 11.8 Å². The molecular weight excluding hydrogens is 402 g/mol. The Labute approximate surface area is 187 Å². The summed E-state index contributed by atoms with van der Waals surface area (Å²) in [5.74, 6) is 0.395. The minimum absolute atomic E-state index is 0.0637. The molecule has 1 aromatic heterocycles. The normalized spacial score (nSPS) is 16.1. The molecule has 0 radical (unpaired) electrons. The van der Waals surface area contributed by atoms with Gasteiger partial charge < -0.3 is 5.32 Å². The van der Waals surface area contributed by atoms with Gasteiger partial charge in [0.2, 0.25) is 5.91 Å². The highest BCUT2D eigenvalue weighted by Crippen LogP contribution is 2.35. The van der Waals surface area contributed by atoms with Crippen LogP contribution in [0.5, 0.6) is 0 Å². The van der Waals surface area contributed by atoms with Gasteiger partial charge in [-0.2, -0.15) is 5.26 Å². The van der Waals surface area contributed by atoms with Crippen molar-refractivity contribution in [2.24, 2.45) is 0 Å². The quantitative estimate of drug-likeness (QED) is 0.510. The Morgan fingerprint density at radius 1 is 1.19 bits per heavy atom. The van der Waals surface area contributed by atoms with E-state index in [4.69, 9.17) is 4.98 Å². The number of para-hydroxylation sites is 1. The van der Waals surface area contributed by atoms with Gasteiger partial charge in [-0.25, -0.2) is 4.98 Å². The number of anilines is 1. The van der Waals surface area contributed by atoms with Gasteiger partial charge in [0.15, 0.2) is 0 Å². The fourth-order valence-electron chi connectivity index (χ4n) is 4.03. The number of hydrogen-bond donors (Lipinski definition) is 1. The Morgan fingerprint density at radius 2 is 1.90 bits per heavy atom. The lowest BCUT2D eigenvalue weighted by molar-refractivity contribution is -0.115. The number of amides is 1. The third-order valence-corrected chi connectivity index (χ3v) is 7.07. The summed E-state index contributed by atoms with van der Waals surface area (Å²) in [6, 6.07) is 24.3. The third-order valence-electron chi connectivity index (χ3n) is 5.70. The molecule has 0 fully saturated rings. The molecule has 0 bridgehead atoms. The summed E-state index contributed by atoms with van der Waals surface area (Å²) >= 11 is 1.39. The van der Waals surface area contributed by atoms with Crippen molar-refractivity contribution in [1.82, 2.24) is 4.98 Å². The second-order valence-electron chi connectivity index (χ2n) is 7.78. The Balaban J connectivity index is 1.53. The van der Waals surface area contributed by atoms with Crippen LogP contribution in [0.1, 0.15) is 48.1 Å². The number of aryl methyl sites for hydroxylation is 1. The Bertz CT molecular complexity index is 1090. The summed E-state index contributed by atoms with van der Waals surface area (Å²) in [4.78, 5) is 17.6. The fourth-order valence-corrected chi connectivity index (χ4v) is 5.02. The van der Waals surface area contributed by atoms with E-state index in [-0.39, 0.29) is 11.2 Å². The molecule has 4 rings (SSSR count). The van der Waals surface area contributed by atoms with Gasteiger partial charge in [-0.05, 0) is 60.9 Å². The van der Waals surface area contributed by atoms with Gasteiger partial charge in [0, 0.05) is 11.4 Å². The van der Waals surface area contributed by atoms with Gasteiger partial charge >= 0.3 is 0 Å². The van der Waals surface area contributed by atoms with Gasteiger partial charge in [0.05, 0.1) is 10.8 Å². The summed E-state index contributed by atoms with van der Waals surface area (Å²) in [6.45, 7) is 1.98. The molecule has 1 heterocycles. The lowest BCUT2D eigenvalue weighted by atomic mass is 9.82. The summed E-state index contributed by atoms with van der Waals surface area (Å²) < 4.78 is 0. The first-order valence-electron chi connectivity index (χ1n) is 10.7. The molecule has 1 N–H and O–H groups in total. The predicted molar refractivity (Wildman–Crippen MR) is 125 cm³/mol. The van der Waals surface area contributed by atoms with E-state index in [0.717, 1.165) is 36.2 Å². The minimum Gasteiger partial charge on any atom is -0.325 e. The number of carbonyl (C=O) groups excluding carboxylic acids is 1. The van der Waals surface area contributed by atoms with Crippen LogP contribution in [0, 0.1) is 11.3 Å². The smallest absolute Gasteiger partial charge is 0.237 e. The number of pyridine rings is 1. The van der Waals surface area contributed by atoms with Crippen LogP contribution in [-0.2, 0) is 17.6 Å². The summed E-state index contributed by atoms with van der Waals surface area (Å²) in [5.41, 5.74) is 4.89. The first-order valence-corrected chi connectivity index (χ1v) is 11.6. The second kappa shape index (κ2) is 9.80. The number of fused-ring (bicyclic) bond motifs is 1. The molecule has 5 heteroatoms. The molecule has 3 aromatic rings. The molecule has 156 valence electrons. The minimum atomic E-state index is -0.307. The van der Waals surface area contributed by atoms with Crippen LogP contribution in [-0.4, -0.2) is 16.1 Å². The Kier molecular flexibility index (Phi) is 6.69. The topological polar surface area (TPSA) is 65.8 Å². The van der Waals surface area contributed by atoms with E-state index >= 15 is 0 Å². The largest absolute Gasteiger partial charge is 0.325 e. The number of nitrogens with one attached hydrogen (secondary N) is 1. The third kappa shape index (κ3) is 4.98. The number of nitrogens with zero attached hydrogens (tertiary/aromatic N) is 2. The molecular formula is C26H25N3OS. The lowest BCUT2D eigenvalue weighted by Crippen LogP contribution is -2.25. The van der Waals surface area contributed by atoms with Crippen molar-refractivity contribution >= 4 is 23.4 Å². The highest BCUT2D eigenvalue weighted by molar-refractivity contribution is 8.00. The molecule has 0 saturated carbocycles. The molecule has 4 nitrogen and oxygen atoms in total. The van der Waals surface area contributed by atoms with Gasteiger partial charge in [-0.3, -0.25) is 4.79 Å². The average Bonchev–Trinajstić information content (AvgIpc) is 2.82. The molecule has 0 spiro atoms. The molecule has 2 atom stereocenters. The van der Waals surface area contributed by atoms with Crippen molar-refractivity contribution in [2.75, 3.05) is 5.32 Å². The number of nitriles is 1. The zero-order chi connectivity index (χ0) is 21.6. The predicted octanol–water partition coefficient (Wildman–Crippen LogP) is 5.74.